The molecule has 2 heterocycles. The highest BCUT2D eigenvalue weighted by Gasteiger charge is 2.27. The molecule has 0 radical (unpaired) electrons. The van der Waals surface area contributed by atoms with Gasteiger partial charge in [0.1, 0.15) is 17.8 Å². The van der Waals surface area contributed by atoms with E-state index in [1.54, 1.807) is 6.20 Å². The van der Waals surface area contributed by atoms with Crippen LogP contribution in [0.15, 0.2) is 12.5 Å². The van der Waals surface area contributed by atoms with Gasteiger partial charge in [0.2, 0.25) is 0 Å². The second kappa shape index (κ2) is 4.31. The molecule has 0 aliphatic heterocycles. The highest BCUT2D eigenvalue weighted by molar-refractivity contribution is 14.1. The highest BCUT2D eigenvalue weighted by atomic mass is 127. The summed E-state index contributed by atoms with van der Waals surface area (Å²) in [7, 11) is 0. The maximum atomic E-state index is 12.2. The third kappa shape index (κ3) is 2.61. The standard InChI is InChI=1S/C9H8F3IN4/c10-9(11,12)1-2-17-3-5(13)6-7(14)15-4-16-8(6)17/h3-4H,1-2H2,(H2,14,15,16). The summed E-state index contributed by atoms with van der Waals surface area (Å²) in [5.74, 6) is 0.283. The average Bonchev–Trinajstić information content (AvgIpc) is 2.53. The Labute approximate surface area is 108 Å². The first-order valence-corrected chi connectivity index (χ1v) is 5.78. The summed E-state index contributed by atoms with van der Waals surface area (Å²) < 4.78 is 38.7. The SMILES string of the molecule is Nc1ncnc2c1c(I)cn2CCC(F)(F)F. The van der Waals surface area contributed by atoms with Crippen molar-refractivity contribution in [3.05, 3.63) is 16.1 Å². The number of fused-ring (bicyclic) bond motifs is 1. The number of aryl methyl sites for hydroxylation is 1. The molecule has 0 aliphatic rings. The van der Waals surface area contributed by atoms with Crippen LogP contribution in [-0.4, -0.2) is 20.7 Å². The van der Waals surface area contributed by atoms with Crippen molar-refractivity contribution in [2.75, 3.05) is 5.73 Å². The molecule has 0 aromatic carbocycles. The first-order chi connectivity index (χ1) is 7.88. The Balaban J connectivity index is 2.39. The van der Waals surface area contributed by atoms with E-state index in [1.165, 1.54) is 10.9 Å². The molecule has 92 valence electrons. The zero-order valence-electron chi connectivity index (χ0n) is 8.50. The molecule has 0 fully saturated rings. The molecule has 0 saturated heterocycles. The van der Waals surface area contributed by atoms with Crippen LogP contribution in [0.3, 0.4) is 0 Å². The van der Waals surface area contributed by atoms with Crippen molar-refractivity contribution >= 4 is 39.4 Å². The van der Waals surface area contributed by atoms with E-state index in [2.05, 4.69) is 9.97 Å². The van der Waals surface area contributed by atoms with Gasteiger partial charge in [-0.2, -0.15) is 13.2 Å². The third-order valence-electron chi connectivity index (χ3n) is 2.27. The van der Waals surface area contributed by atoms with E-state index in [0.717, 1.165) is 3.57 Å². The van der Waals surface area contributed by atoms with Gasteiger partial charge in [-0.1, -0.05) is 0 Å². The molecule has 0 saturated carbocycles. The molecule has 0 spiro atoms. The van der Waals surface area contributed by atoms with Crippen molar-refractivity contribution < 1.29 is 13.2 Å². The number of rotatable bonds is 2. The van der Waals surface area contributed by atoms with Gasteiger partial charge >= 0.3 is 6.18 Å². The lowest BCUT2D eigenvalue weighted by Crippen LogP contribution is -2.12. The van der Waals surface area contributed by atoms with Gasteiger partial charge in [-0.3, -0.25) is 0 Å². The summed E-state index contributed by atoms with van der Waals surface area (Å²) in [6.45, 7) is -0.167. The van der Waals surface area contributed by atoms with Crippen LogP contribution in [0.4, 0.5) is 19.0 Å². The van der Waals surface area contributed by atoms with Crippen LogP contribution in [0.5, 0.6) is 0 Å². The summed E-state index contributed by atoms with van der Waals surface area (Å²) in [5, 5.41) is 0.607. The van der Waals surface area contributed by atoms with Gasteiger partial charge in [0, 0.05) is 16.3 Å². The van der Waals surface area contributed by atoms with Crippen molar-refractivity contribution in [1.29, 1.82) is 0 Å². The molecule has 0 atom stereocenters. The second-order valence-corrected chi connectivity index (χ2v) is 4.66. The van der Waals surface area contributed by atoms with E-state index in [-0.39, 0.29) is 12.4 Å². The van der Waals surface area contributed by atoms with Crippen LogP contribution in [0.1, 0.15) is 6.42 Å². The van der Waals surface area contributed by atoms with Crippen LogP contribution < -0.4 is 5.73 Å². The monoisotopic (exact) mass is 356 g/mol. The Morgan fingerprint density at radius 1 is 1.35 bits per heavy atom. The summed E-state index contributed by atoms with van der Waals surface area (Å²) >= 11 is 2.00. The summed E-state index contributed by atoms with van der Waals surface area (Å²) in [5.41, 5.74) is 6.10. The van der Waals surface area contributed by atoms with E-state index in [9.17, 15) is 13.2 Å². The number of nitrogens with two attached hydrogens (primary N) is 1. The molecular weight excluding hydrogens is 348 g/mol. The normalized spacial score (nSPS) is 12.2. The maximum Gasteiger partial charge on any atom is 0.390 e. The minimum atomic E-state index is -4.18. The lowest BCUT2D eigenvalue weighted by molar-refractivity contribution is -0.136. The van der Waals surface area contributed by atoms with Crippen molar-refractivity contribution in [1.82, 2.24) is 14.5 Å². The maximum absolute atomic E-state index is 12.2. The van der Waals surface area contributed by atoms with Crippen molar-refractivity contribution in [2.45, 2.75) is 19.1 Å². The molecule has 17 heavy (non-hydrogen) atoms. The fourth-order valence-corrected chi connectivity index (χ4v) is 2.37. The first kappa shape index (κ1) is 12.4. The summed E-state index contributed by atoms with van der Waals surface area (Å²) in [4.78, 5) is 7.78. The van der Waals surface area contributed by atoms with Crippen LogP contribution in [0, 0.1) is 3.57 Å². The molecule has 4 nitrogen and oxygen atoms in total. The number of hydrogen-bond donors (Lipinski definition) is 1. The number of nitrogen functional groups attached to an aromatic ring is 1. The Morgan fingerprint density at radius 3 is 2.71 bits per heavy atom. The molecule has 0 unspecified atom stereocenters. The Bertz CT molecular complexity index is 549. The number of alkyl halides is 3. The minimum Gasteiger partial charge on any atom is -0.383 e. The average molecular weight is 356 g/mol. The fourth-order valence-electron chi connectivity index (χ4n) is 1.52. The molecule has 2 rings (SSSR count). The summed E-state index contributed by atoms with van der Waals surface area (Å²) in [6.07, 6.45) is -2.22. The predicted octanol–water partition coefficient (Wildman–Crippen LogP) is 2.57. The number of hydrogen-bond acceptors (Lipinski definition) is 3. The quantitative estimate of drug-likeness (QED) is 0.842. The van der Waals surface area contributed by atoms with Gasteiger partial charge < -0.3 is 10.3 Å². The Morgan fingerprint density at radius 2 is 2.06 bits per heavy atom. The lowest BCUT2D eigenvalue weighted by atomic mass is 10.4. The van der Waals surface area contributed by atoms with E-state index in [4.69, 9.17) is 5.73 Å². The highest BCUT2D eigenvalue weighted by Crippen LogP contribution is 2.27. The second-order valence-electron chi connectivity index (χ2n) is 3.49. The van der Waals surface area contributed by atoms with E-state index in [0.29, 0.717) is 11.0 Å². The molecule has 8 heteroatoms. The van der Waals surface area contributed by atoms with Crippen LogP contribution in [0.2, 0.25) is 0 Å². The van der Waals surface area contributed by atoms with Crippen LogP contribution in [-0.2, 0) is 6.54 Å². The fraction of sp³-hybridized carbons (Fsp3) is 0.333. The number of anilines is 1. The smallest absolute Gasteiger partial charge is 0.383 e. The molecule has 2 N–H and O–H groups in total. The largest absolute Gasteiger partial charge is 0.390 e. The van der Waals surface area contributed by atoms with Crippen molar-refractivity contribution in [3.8, 4) is 0 Å². The van der Waals surface area contributed by atoms with E-state index < -0.39 is 12.6 Å². The first-order valence-electron chi connectivity index (χ1n) is 4.70. The van der Waals surface area contributed by atoms with Gasteiger partial charge in [0.15, 0.2) is 0 Å². The topological polar surface area (TPSA) is 56.7 Å². The number of aromatic nitrogens is 3. The van der Waals surface area contributed by atoms with Gasteiger partial charge in [0.05, 0.1) is 11.8 Å². The van der Waals surface area contributed by atoms with Crippen LogP contribution in [0.25, 0.3) is 11.0 Å². The van der Waals surface area contributed by atoms with Crippen LogP contribution >= 0.6 is 22.6 Å². The van der Waals surface area contributed by atoms with Gasteiger partial charge in [-0.25, -0.2) is 9.97 Å². The zero-order valence-corrected chi connectivity index (χ0v) is 10.7. The van der Waals surface area contributed by atoms with Crippen molar-refractivity contribution in [2.24, 2.45) is 0 Å². The minimum absolute atomic E-state index is 0.167. The Kier molecular flexibility index (Phi) is 3.15. The zero-order chi connectivity index (χ0) is 12.6. The molecule has 2 aromatic rings. The van der Waals surface area contributed by atoms with Gasteiger partial charge in [0.25, 0.3) is 0 Å². The molecular formula is C9H8F3IN4. The number of halogens is 4. The third-order valence-corrected chi connectivity index (χ3v) is 3.09. The molecule has 0 bridgehead atoms. The molecule has 2 aromatic heterocycles. The van der Waals surface area contributed by atoms with Gasteiger partial charge in [-0.05, 0) is 22.6 Å². The number of nitrogens with zero attached hydrogens (tertiary/aromatic N) is 3. The van der Waals surface area contributed by atoms with Crippen molar-refractivity contribution in [3.63, 3.8) is 0 Å². The Hall–Kier alpha value is -1.06. The van der Waals surface area contributed by atoms with Gasteiger partial charge in [-0.15, -0.1) is 0 Å². The van der Waals surface area contributed by atoms with E-state index in [1.807, 2.05) is 22.6 Å². The lowest BCUT2D eigenvalue weighted by Gasteiger charge is -2.07. The van der Waals surface area contributed by atoms with E-state index >= 15 is 0 Å². The predicted molar refractivity (Wildman–Crippen MR) is 65.3 cm³/mol. The molecule has 0 aliphatic carbocycles. The molecule has 0 amide bonds. The summed E-state index contributed by atoms with van der Waals surface area (Å²) in [6, 6.07) is 0.